The molecule has 0 bridgehead atoms. The molecule has 1 saturated carbocycles. The van der Waals surface area contributed by atoms with Crippen LogP contribution in [-0.4, -0.2) is 65.8 Å². The van der Waals surface area contributed by atoms with Crippen LogP contribution in [0.25, 0.3) is 0 Å². The largest absolute Gasteiger partial charge is 0.396 e. The lowest BCUT2D eigenvalue weighted by atomic mass is 9.86. The summed E-state index contributed by atoms with van der Waals surface area (Å²) in [4.78, 5) is 16.8. The van der Waals surface area contributed by atoms with Gasteiger partial charge in [0.15, 0.2) is 0 Å². The highest BCUT2D eigenvalue weighted by atomic mass is 16.3. The Hall–Kier alpha value is -0.810. The van der Waals surface area contributed by atoms with Crippen molar-refractivity contribution in [1.82, 2.24) is 15.1 Å². The summed E-state index contributed by atoms with van der Waals surface area (Å²) in [5.74, 6) is 0.892. The fraction of sp³-hybridized carbons (Fsp3) is 0.941. The maximum Gasteiger partial charge on any atom is 0.317 e. The summed E-state index contributed by atoms with van der Waals surface area (Å²) in [6.07, 6.45) is 6.94. The molecule has 1 aliphatic carbocycles. The van der Waals surface area contributed by atoms with Gasteiger partial charge in [0.1, 0.15) is 0 Å². The maximum absolute atomic E-state index is 12.2. The molecule has 2 N–H and O–H groups in total. The molecule has 5 nitrogen and oxygen atoms in total. The summed E-state index contributed by atoms with van der Waals surface area (Å²) >= 11 is 0. The number of amides is 2. The van der Waals surface area contributed by atoms with Gasteiger partial charge in [-0.25, -0.2) is 4.79 Å². The van der Waals surface area contributed by atoms with Crippen LogP contribution in [0.3, 0.4) is 0 Å². The molecule has 0 radical (unpaired) electrons. The van der Waals surface area contributed by atoms with Gasteiger partial charge in [0, 0.05) is 44.9 Å². The van der Waals surface area contributed by atoms with E-state index in [2.05, 4.69) is 17.1 Å². The van der Waals surface area contributed by atoms with Gasteiger partial charge in [-0.15, -0.1) is 0 Å². The molecule has 1 heterocycles. The number of hydrogen-bond acceptors (Lipinski definition) is 3. The van der Waals surface area contributed by atoms with Gasteiger partial charge < -0.3 is 15.3 Å². The van der Waals surface area contributed by atoms with Gasteiger partial charge >= 0.3 is 6.03 Å². The predicted molar refractivity (Wildman–Crippen MR) is 88.9 cm³/mol. The SMILES string of the molecule is CC1CCC(N2CCN(C(=O)NC(C)CCCO)CC2)CC1. The van der Waals surface area contributed by atoms with Crippen molar-refractivity contribution in [2.45, 2.75) is 64.5 Å². The second-order valence-corrected chi connectivity index (χ2v) is 7.15. The molecular weight excluding hydrogens is 278 g/mol. The Bertz CT molecular complexity index is 335. The molecule has 1 unspecified atom stereocenters. The van der Waals surface area contributed by atoms with Gasteiger partial charge in [-0.1, -0.05) is 6.92 Å². The van der Waals surface area contributed by atoms with Crippen molar-refractivity contribution in [1.29, 1.82) is 0 Å². The van der Waals surface area contributed by atoms with Gasteiger partial charge in [-0.2, -0.15) is 0 Å². The summed E-state index contributed by atoms with van der Waals surface area (Å²) < 4.78 is 0. The van der Waals surface area contributed by atoms with Crippen molar-refractivity contribution in [2.75, 3.05) is 32.8 Å². The van der Waals surface area contributed by atoms with E-state index in [0.29, 0.717) is 0 Å². The van der Waals surface area contributed by atoms with Crippen LogP contribution in [0.4, 0.5) is 4.79 Å². The molecule has 2 aliphatic rings. The fourth-order valence-electron chi connectivity index (χ4n) is 3.67. The molecule has 128 valence electrons. The Kier molecular flexibility index (Phi) is 6.96. The predicted octanol–water partition coefficient (Wildman–Crippen LogP) is 2.05. The number of nitrogens with zero attached hydrogens (tertiary/aromatic N) is 2. The quantitative estimate of drug-likeness (QED) is 0.817. The highest BCUT2D eigenvalue weighted by Gasteiger charge is 2.28. The molecule has 1 aliphatic heterocycles. The lowest BCUT2D eigenvalue weighted by Gasteiger charge is -2.41. The average molecular weight is 311 g/mol. The zero-order valence-electron chi connectivity index (χ0n) is 14.3. The van der Waals surface area contributed by atoms with Gasteiger partial charge in [0.2, 0.25) is 0 Å². The normalized spacial score (nSPS) is 28.4. The Morgan fingerprint density at radius 1 is 1.18 bits per heavy atom. The van der Waals surface area contributed by atoms with E-state index in [1.54, 1.807) is 0 Å². The Labute approximate surface area is 135 Å². The fourth-order valence-corrected chi connectivity index (χ4v) is 3.67. The number of carbonyl (C=O) groups is 1. The van der Waals surface area contributed by atoms with Crippen molar-refractivity contribution in [2.24, 2.45) is 5.92 Å². The summed E-state index contributed by atoms with van der Waals surface area (Å²) in [7, 11) is 0. The molecule has 0 spiro atoms. The summed E-state index contributed by atoms with van der Waals surface area (Å²) in [5.41, 5.74) is 0. The highest BCUT2D eigenvalue weighted by Crippen LogP contribution is 2.27. The standard InChI is InChI=1S/C17H33N3O2/c1-14-5-7-16(8-6-14)19-9-11-20(12-10-19)17(22)18-15(2)4-3-13-21/h14-16,21H,3-13H2,1-2H3,(H,18,22). The van der Waals surface area contributed by atoms with Crippen LogP contribution < -0.4 is 5.32 Å². The van der Waals surface area contributed by atoms with Crippen molar-refractivity contribution in [3.63, 3.8) is 0 Å². The summed E-state index contributed by atoms with van der Waals surface area (Å²) in [6.45, 7) is 8.26. The van der Waals surface area contributed by atoms with Crippen LogP contribution in [0.5, 0.6) is 0 Å². The van der Waals surface area contributed by atoms with Crippen LogP contribution in [-0.2, 0) is 0 Å². The Morgan fingerprint density at radius 3 is 2.41 bits per heavy atom. The molecule has 0 aromatic heterocycles. The van der Waals surface area contributed by atoms with Gasteiger partial charge in [0.25, 0.3) is 0 Å². The molecule has 0 aromatic rings. The van der Waals surface area contributed by atoms with E-state index in [1.165, 1.54) is 25.7 Å². The summed E-state index contributed by atoms with van der Waals surface area (Å²) in [6, 6.07) is 0.935. The lowest BCUT2D eigenvalue weighted by molar-refractivity contribution is 0.0825. The van der Waals surface area contributed by atoms with E-state index in [0.717, 1.165) is 51.0 Å². The second-order valence-electron chi connectivity index (χ2n) is 7.15. The molecular formula is C17H33N3O2. The first-order valence-electron chi connectivity index (χ1n) is 9.00. The molecule has 2 amide bonds. The van der Waals surface area contributed by atoms with E-state index in [9.17, 15) is 4.79 Å². The highest BCUT2D eigenvalue weighted by molar-refractivity contribution is 5.74. The monoisotopic (exact) mass is 311 g/mol. The lowest BCUT2D eigenvalue weighted by Crippen LogP contribution is -2.55. The third kappa shape index (κ3) is 5.13. The minimum absolute atomic E-state index is 0.0577. The zero-order chi connectivity index (χ0) is 15.9. The van der Waals surface area contributed by atoms with E-state index in [1.807, 2.05) is 11.8 Å². The van der Waals surface area contributed by atoms with Gasteiger partial charge in [-0.05, 0) is 51.4 Å². The number of hydrogen-bond donors (Lipinski definition) is 2. The third-order valence-electron chi connectivity index (χ3n) is 5.27. The van der Waals surface area contributed by atoms with Crippen molar-refractivity contribution in [3.05, 3.63) is 0 Å². The number of aliphatic hydroxyl groups excluding tert-OH is 1. The number of aliphatic hydroxyl groups is 1. The number of nitrogens with one attached hydrogen (secondary N) is 1. The van der Waals surface area contributed by atoms with Crippen molar-refractivity contribution < 1.29 is 9.90 Å². The Morgan fingerprint density at radius 2 is 1.82 bits per heavy atom. The minimum atomic E-state index is 0.0577. The average Bonchev–Trinajstić information content (AvgIpc) is 2.54. The van der Waals surface area contributed by atoms with Gasteiger partial charge in [-0.3, -0.25) is 4.90 Å². The molecule has 0 aromatic carbocycles. The third-order valence-corrected chi connectivity index (χ3v) is 5.27. The summed E-state index contributed by atoms with van der Waals surface area (Å²) in [5, 5.41) is 11.9. The van der Waals surface area contributed by atoms with Crippen LogP contribution in [0.1, 0.15) is 52.4 Å². The zero-order valence-corrected chi connectivity index (χ0v) is 14.3. The molecule has 2 rings (SSSR count). The van der Waals surface area contributed by atoms with E-state index in [4.69, 9.17) is 5.11 Å². The maximum atomic E-state index is 12.2. The minimum Gasteiger partial charge on any atom is -0.396 e. The van der Waals surface area contributed by atoms with Crippen molar-refractivity contribution >= 4 is 6.03 Å². The number of rotatable bonds is 5. The molecule has 1 atom stereocenters. The first-order chi connectivity index (χ1) is 10.6. The first-order valence-corrected chi connectivity index (χ1v) is 9.00. The number of urea groups is 1. The Balaban J connectivity index is 1.69. The van der Waals surface area contributed by atoms with Gasteiger partial charge in [0.05, 0.1) is 0 Å². The number of carbonyl (C=O) groups excluding carboxylic acids is 1. The molecule has 1 saturated heterocycles. The second kappa shape index (κ2) is 8.73. The van der Waals surface area contributed by atoms with E-state index >= 15 is 0 Å². The van der Waals surface area contributed by atoms with Crippen LogP contribution >= 0.6 is 0 Å². The van der Waals surface area contributed by atoms with E-state index in [-0.39, 0.29) is 18.7 Å². The molecule has 5 heteroatoms. The van der Waals surface area contributed by atoms with Crippen LogP contribution in [0, 0.1) is 5.92 Å². The van der Waals surface area contributed by atoms with Crippen LogP contribution in [0.15, 0.2) is 0 Å². The van der Waals surface area contributed by atoms with E-state index < -0.39 is 0 Å². The first kappa shape index (κ1) is 17.5. The molecule has 2 fully saturated rings. The molecule has 22 heavy (non-hydrogen) atoms. The van der Waals surface area contributed by atoms with Crippen molar-refractivity contribution in [3.8, 4) is 0 Å². The number of piperazine rings is 1. The van der Waals surface area contributed by atoms with Crippen LogP contribution in [0.2, 0.25) is 0 Å². The smallest absolute Gasteiger partial charge is 0.317 e. The topological polar surface area (TPSA) is 55.8 Å².